The number of halogens is 1. The van der Waals surface area contributed by atoms with Gasteiger partial charge < -0.3 is 10.1 Å². The van der Waals surface area contributed by atoms with Crippen molar-refractivity contribution in [2.75, 3.05) is 5.32 Å². The highest BCUT2D eigenvalue weighted by Crippen LogP contribution is 2.60. The Labute approximate surface area is 160 Å². The number of hydrogen-bond acceptors (Lipinski definition) is 3. The van der Waals surface area contributed by atoms with Crippen LogP contribution in [0.3, 0.4) is 0 Å². The van der Waals surface area contributed by atoms with Crippen LogP contribution in [-0.2, 0) is 14.3 Å². The van der Waals surface area contributed by atoms with Gasteiger partial charge in [0.1, 0.15) is 6.10 Å². The second-order valence-electron chi connectivity index (χ2n) is 7.36. The van der Waals surface area contributed by atoms with Crippen molar-refractivity contribution in [3.05, 3.63) is 54.6 Å². The summed E-state index contributed by atoms with van der Waals surface area (Å²) in [6.45, 7) is 0. The third-order valence-corrected chi connectivity index (χ3v) is 7.30. The molecule has 1 amide bonds. The van der Waals surface area contributed by atoms with Gasteiger partial charge in [0.15, 0.2) is 0 Å². The summed E-state index contributed by atoms with van der Waals surface area (Å²) >= 11 is 3.66. The molecule has 2 aromatic rings. The molecule has 1 heterocycles. The number of amides is 1. The topological polar surface area (TPSA) is 55.4 Å². The number of esters is 1. The first-order valence-electron chi connectivity index (χ1n) is 8.95. The lowest BCUT2D eigenvalue weighted by molar-refractivity contribution is -0.145. The van der Waals surface area contributed by atoms with Crippen molar-refractivity contribution < 1.29 is 14.3 Å². The van der Waals surface area contributed by atoms with Crippen molar-refractivity contribution >= 4 is 33.5 Å². The van der Waals surface area contributed by atoms with E-state index in [1.54, 1.807) is 0 Å². The lowest BCUT2D eigenvalue weighted by Gasteiger charge is -2.27. The number of hydrogen-bond donors (Lipinski definition) is 1. The molecule has 1 N–H and O–H groups in total. The summed E-state index contributed by atoms with van der Waals surface area (Å²) in [5.74, 6) is -0.557. The first kappa shape index (κ1) is 16.1. The number of ether oxygens (including phenoxy) is 1. The molecule has 26 heavy (non-hydrogen) atoms. The third-order valence-electron chi connectivity index (χ3n) is 6.10. The fourth-order valence-electron chi connectivity index (χ4n) is 5.01. The molecule has 132 valence electrons. The average molecular weight is 412 g/mol. The van der Waals surface area contributed by atoms with E-state index in [9.17, 15) is 9.59 Å². The van der Waals surface area contributed by atoms with E-state index in [2.05, 4.69) is 21.2 Å². The van der Waals surface area contributed by atoms with Gasteiger partial charge in [0, 0.05) is 17.2 Å². The second kappa shape index (κ2) is 5.95. The predicted octanol–water partition coefficient (Wildman–Crippen LogP) is 3.86. The third kappa shape index (κ3) is 2.26. The van der Waals surface area contributed by atoms with Crippen LogP contribution in [0.4, 0.5) is 5.69 Å². The summed E-state index contributed by atoms with van der Waals surface area (Å²) in [5.41, 5.74) is 2.81. The summed E-state index contributed by atoms with van der Waals surface area (Å²) in [4.78, 5) is 25.5. The molecular weight excluding hydrogens is 394 g/mol. The van der Waals surface area contributed by atoms with E-state index in [1.165, 1.54) is 0 Å². The number of nitrogens with one attached hydrogen (secondary N) is 1. The number of benzene rings is 2. The van der Waals surface area contributed by atoms with E-state index in [1.807, 2.05) is 54.6 Å². The summed E-state index contributed by atoms with van der Waals surface area (Å²) in [6.07, 6.45) is 0.827. The van der Waals surface area contributed by atoms with Crippen molar-refractivity contribution in [2.45, 2.75) is 17.4 Å². The molecule has 0 unspecified atom stereocenters. The van der Waals surface area contributed by atoms with Gasteiger partial charge in [-0.3, -0.25) is 9.59 Å². The molecule has 4 nitrogen and oxygen atoms in total. The van der Waals surface area contributed by atoms with Crippen molar-refractivity contribution in [1.29, 1.82) is 0 Å². The largest absolute Gasteiger partial charge is 0.461 e. The minimum atomic E-state index is -0.320. The lowest BCUT2D eigenvalue weighted by Crippen LogP contribution is -2.40. The van der Waals surface area contributed by atoms with Crippen molar-refractivity contribution in [3.8, 4) is 11.1 Å². The van der Waals surface area contributed by atoms with Gasteiger partial charge in [-0.2, -0.15) is 0 Å². The quantitative estimate of drug-likeness (QED) is 0.615. The summed E-state index contributed by atoms with van der Waals surface area (Å²) in [6, 6.07) is 17.8. The van der Waals surface area contributed by atoms with E-state index >= 15 is 0 Å². The molecule has 5 heteroatoms. The Morgan fingerprint density at radius 1 is 1.04 bits per heavy atom. The molecule has 3 fully saturated rings. The molecule has 3 aliphatic rings. The summed E-state index contributed by atoms with van der Waals surface area (Å²) in [5, 5.41) is 3.09. The van der Waals surface area contributed by atoms with E-state index < -0.39 is 0 Å². The van der Waals surface area contributed by atoms with Crippen LogP contribution in [0.1, 0.15) is 6.42 Å². The predicted molar refractivity (Wildman–Crippen MR) is 102 cm³/mol. The van der Waals surface area contributed by atoms with Gasteiger partial charge in [-0.1, -0.05) is 64.5 Å². The number of carbonyl (C=O) groups excluding carboxylic acids is 2. The fraction of sp³-hybridized carbons (Fsp3) is 0.333. The maximum atomic E-state index is 13.1. The highest BCUT2D eigenvalue weighted by Gasteiger charge is 2.67. The molecule has 5 rings (SSSR count). The van der Waals surface area contributed by atoms with Crippen LogP contribution in [0.2, 0.25) is 0 Å². The van der Waals surface area contributed by atoms with Crippen LogP contribution < -0.4 is 5.32 Å². The highest BCUT2D eigenvalue weighted by molar-refractivity contribution is 9.09. The zero-order valence-corrected chi connectivity index (χ0v) is 15.6. The molecule has 2 saturated carbocycles. The van der Waals surface area contributed by atoms with Gasteiger partial charge in [-0.25, -0.2) is 0 Å². The van der Waals surface area contributed by atoms with Gasteiger partial charge in [-0.15, -0.1) is 0 Å². The number of anilines is 1. The Kier molecular flexibility index (Phi) is 3.67. The number of rotatable bonds is 3. The molecule has 2 aliphatic carbocycles. The molecule has 0 radical (unpaired) electrons. The van der Waals surface area contributed by atoms with Crippen LogP contribution >= 0.6 is 15.9 Å². The van der Waals surface area contributed by atoms with Crippen molar-refractivity contribution in [1.82, 2.24) is 0 Å². The van der Waals surface area contributed by atoms with E-state index in [0.717, 1.165) is 23.2 Å². The normalized spacial score (nSPS) is 34.0. The maximum absolute atomic E-state index is 13.1. The zero-order chi connectivity index (χ0) is 17.8. The number of alkyl halides is 1. The van der Waals surface area contributed by atoms with Crippen LogP contribution in [-0.4, -0.2) is 22.8 Å². The Morgan fingerprint density at radius 2 is 1.77 bits per heavy atom. The van der Waals surface area contributed by atoms with E-state index in [0.29, 0.717) is 0 Å². The maximum Gasteiger partial charge on any atom is 0.310 e. The monoisotopic (exact) mass is 411 g/mol. The second-order valence-corrected chi connectivity index (χ2v) is 8.42. The number of carbonyl (C=O) groups is 2. The first-order valence-corrected chi connectivity index (χ1v) is 9.86. The molecule has 1 saturated heterocycles. The minimum Gasteiger partial charge on any atom is -0.461 e. The molecule has 0 spiro atoms. The van der Waals surface area contributed by atoms with Gasteiger partial charge in [0.05, 0.1) is 16.7 Å². The standard InChI is InChI=1S/C21H18BrNO3/c22-18-13-10-14-17(21(25)26-19(14)18)16(13)20(24)23-15-9-5-4-8-12(15)11-6-2-1-3-7-11/h1-9,13-14,16-19H,10H2,(H,23,24)/t13-,14-,16-,17-,18-,19+/m1/s1. The number of para-hydroxylation sites is 1. The smallest absolute Gasteiger partial charge is 0.310 e. The van der Waals surface area contributed by atoms with Gasteiger partial charge >= 0.3 is 5.97 Å². The van der Waals surface area contributed by atoms with Gasteiger partial charge in [0.25, 0.3) is 0 Å². The molecular formula is C21H18BrNO3. The van der Waals surface area contributed by atoms with Crippen LogP contribution in [0.15, 0.2) is 54.6 Å². The first-order chi connectivity index (χ1) is 12.6. The van der Waals surface area contributed by atoms with Crippen molar-refractivity contribution in [3.63, 3.8) is 0 Å². The van der Waals surface area contributed by atoms with E-state index in [4.69, 9.17) is 4.74 Å². The molecule has 2 bridgehead atoms. The average Bonchev–Trinajstić information content (AvgIpc) is 3.27. The Bertz CT molecular complexity index is 884. The van der Waals surface area contributed by atoms with Gasteiger partial charge in [0.2, 0.25) is 5.91 Å². The van der Waals surface area contributed by atoms with Crippen LogP contribution in [0.5, 0.6) is 0 Å². The Hall–Kier alpha value is -2.14. The van der Waals surface area contributed by atoms with Crippen LogP contribution in [0, 0.1) is 23.7 Å². The lowest BCUT2D eigenvalue weighted by atomic mass is 9.79. The highest BCUT2D eigenvalue weighted by atomic mass is 79.9. The minimum absolute atomic E-state index is 0.0573. The SMILES string of the molecule is O=C(Nc1ccccc1-c1ccccc1)[C@@H]1[C@H]2C[C@H]3[C@H](OC(=O)[C@H]31)[C@@H]2Br. The summed E-state index contributed by atoms with van der Waals surface area (Å²) < 4.78 is 5.51. The van der Waals surface area contributed by atoms with Crippen LogP contribution in [0.25, 0.3) is 11.1 Å². The van der Waals surface area contributed by atoms with Crippen molar-refractivity contribution in [2.24, 2.45) is 23.7 Å². The Morgan fingerprint density at radius 3 is 2.58 bits per heavy atom. The fourth-order valence-corrected chi connectivity index (χ4v) is 6.05. The number of fused-ring (bicyclic) bond motifs is 1. The molecule has 2 aromatic carbocycles. The Balaban J connectivity index is 1.45. The zero-order valence-electron chi connectivity index (χ0n) is 14.0. The molecule has 0 aromatic heterocycles. The molecule has 1 aliphatic heterocycles. The van der Waals surface area contributed by atoms with E-state index in [-0.39, 0.29) is 46.5 Å². The molecule has 6 atom stereocenters. The summed E-state index contributed by atoms with van der Waals surface area (Å²) in [7, 11) is 0. The van der Waals surface area contributed by atoms with Gasteiger partial charge in [-0.05, 0) is 24.0 Å².